The zero-order valence-corrected chi connectivity index (χ0v) is 15.8. The normalized spacial score (nSPS) is 24.7. The number of hydrogen-bond donors (Lipinski definition) is 0. The largest absolute Gasteiger partial charge is 0.0654 e. The van der Waals surface area contributed by atoms with Gasteiger partial charge in [-0.1, -0.05) is 91.4 Å². The first kappa shape index (κ1) is 18.3. The zero-order valence-electron chi connectivity index (χ0n) is 15.8. The van der Waals surface area contributed by atoms with Crippen molar-refractivity contribution in [2.75, 3.05) is 0 Å². The van der Waals surface area contributed by atoms with Crippen LogP contribution in [0, 0.1) is 23.2 Å². The van der Waals surface area contributed by atoms with Gasteiger partial charge in [0.25, 0.3) is 0 Å². The van der Waals surface area contributed by atoms with Crippen molar-refractivity contribution in [3.8, 4) is 0 Å². The maximum atomic E-state index is 2.69. The van der Waals surface area contributed by atoms with Gasteiger partial charge in [-0.05, 0) is 48.9 Å². The van der Waals surface area contributed by atoms with Gasteiger partial charge in [0.15, 0.2) is 0 Å². The van der Waals surface area contributed by atoms with Crippen molar-refractivity contribution in [3.05, 3.63) is 0 Å². The second kappa shape index (κ2) is 9.33. The van der Waals surface area contributed by atoms with Gasteiger partial charge in [0.2, 0.25) is 0 Å². The second-order valence-electron chi connectivity index (χ2n) is 8.89. The molecule has 0 radical (unpaired) electrons. The lowest BCUT2D eigenvalue weighted by Crippen LogP contribution is -2.31. The van der Waals surface area contributed by atoms with Crippen molar-refractivity contribution >= 4 is 0 Å². The van der Waals surface area contributed by atoms with Crippen LogP contribution in [0.2, 0.25) is 0 Å². The molecule has 0 heteroatoms. The van der Waals surface area contributed by atoms with Crippen LogP contribution in [0.3, 0.4) is 0 Å². The van der Waals surface area contributed by atoms with E-state index in [0.717, 1.165) is 17.8 Å². The third kappa shape index (κ3) is 5.00. The summed E-state index contributed by atoms with van der Waals surface area (Å²) < 4.78 is 0. The molecule has 0 nitrogen and oxygen atoms in total. The van der Waals surface area contributed by atoms with E-state index in [1.54, 1.807) is 19.3 Å². The molecular weight excluding hydrogens is 264 g/mol. The second-order valence-corrected chi connectivity index (χ2v) is 8.89. The Morgan fingerprint density at radius 3 is 2.05 bits per heavy atom. The van der Waals surface area contributed by atoms with Crippen molar-refractivity contribution in [3.63, 3.8) is 0 Å². The van der Waals surface area contributed by atoms with E-state index in [0.29, 0.717) is 5.41 Å². The first-order chi connectivity index (χ1) is 10.7. The molecule has 2 rings (SSSR count). The average Bonchev–Trinajstić information content (AvgIpc) is 3.22. The molecule has 0 spiro atoms. The van der Waals surface area contributed by atoms with Gasteiger partial charge in [-0.3, -0.25) is 0 Å². The van der Waals surface area contributed by atoms with E-state index in [2.05, 4.69) is 20.8 Å². The van der Waals surface area contributed by atoms with Crippen LogP contribution in [0.25, 0.3) is 0 Å². The predicted octanol–water partition coefficient (Wildman–Crippen LogP) is 7.76. The van der Waals surface area contributed by atoms with E-state index in [-0.39, 0.29) is 0 Å². The topological polar surface area (TPSA) is 0 Å². The molecule has 0 amide bonds. The van der Waals surface area contributed by atoms with Crippen LogP contribution in [-0.2, 0) is 0 Å². The van der Waals surface area contributed by atoms with Crippen molar-refractivity contribution in [2.45, 2.75) is 117 Å². The van der Waals surface area contributed by atoms with Crippen LogP contribution < -0.4 is 0 Å². The van der Waals surface area contributed by atoms with Crippen molar-refractivity contribution < 1.29 is 0 Å². The SMILES string of the molecule is CCCCC(CC(C)(CCCC)C1CCCC1)C1CCCC1. The van der Waals surface area contributed by atoms with Crippen LogP contribution in [0.5, 0.6) is 0 Å². The molecular formula is C22H42. The summed E-state index contributed by atoms with van der Waals surface area (Å²) in [6.07, 6.45) is 22.5. The van der Waals surface area contributed by atoms with Gasteiger partial charge in [0, 0.05) is 0 Å². The van der Waals surface area contributed by atoms with Crippen molar-refractivity contribution in [2.24, 2.45) is 23.2 Å². The molecule has 22 heavy (non-hydrogen) atoms. The van der Waals surface area contributed by atoms with Crippen LogP contribution in [0.15, 0.2) is 0 Å². The van der Waals surface area contributed by atoms with Crippen LogP contribution in [0.1, 0.15) is 117 Å². The molecule has 130 valence electrons. The Kier molecular flexibility index (Phi) is 7.78. The van der Waals surface area contributed by atoms with E-state index in [1.807, 2.05) is 0 Å². The fourth-order valence-corrected chi connectivity index (χ4v) is 5.67. The first-order valence-corrected chi connectivity index (χ1v) is 10.7. The Hall–Kier alpha value is 0. The number of hydrogen-bond acceptors (Lipinski definition) is 0. The number of unbranched alkanes of at least 4 members (excludes halogenated alkanes) is 2. The molecule has 0 saturated heterocycles. The Balaban J connectivity index is 2.02. The third-order valence-corrected chi connectivity index (χ3v) is 7.17. The highest BCUT2D eigenvalue weighted by atomic mass is 14.4. The molecule has 0 N–H and O–H groups in total. The van der Waals surface area contributed by atoms with E-state index >= 15 is 0 Å². The molecule has 0 aromatic heterocycles. The fourth-order valence-electron chi connectivity index (χ4n) is 5.67. The van der Waals surface area contributed by atoms with E-state index < -0.39 is 0 Å². The highest BCUT2D eigenvalue weighted by Gasteiger charge is 2.39. The summed E-state index contributed by atoms with van der Waals surface area (Å²) in [5.41, 5.74) is 0.660. The smallest absolute Gasteiger partial charge is 0.0295 e. The molecule has 2 saturated carbocycles. The molecule has 2 aliphatic carbocycles. The zero-order chi connectivity index (χ0) is 15.8. The van der Waals surface area contributed by atoms with Gasteiger partial charge in [-0.2, -0.15) is 0 Å². The lowest BCUT2D eigenvalue weighted by molar-refractivity contribution is 0.0970. The number of rotatable bonds is 10. The summed E-state index contributed by atoms with van der Waals surface area (Å²) in [4.78, 5) is 0. The molecule has 0 aliphatic heterocycles. The maximum Gasteiger partial charge on any atom is -0.0295 e. The van der Waals surface area contributed by atoms with Gasteiger partial charge in [-0.15, -0.1) is 0 Å². The lowest BCUT2D eigenvalue weighted by Gasteiger charge is -2.41. The molecule has 2 fully saturated rings. The minimum atomic E-state index is 0.660. The predicted molar refractivity (Wildman–Crippen MR) is 99.2 cm³/mol. The van der Waals surface area contributed by atoms with Crippen molar-refractivity contribution in [1.29, 1.82) is 0 Å². The third-order valence-electron chi connectivity index (χ3n) is 7.17. The summed E-state index contributed by atoms with van der Waals surface area (Å²) in [6.45, 7) is 7.44. The summed E-state index contributed by atoms with van der Waals surface area (Å²) in [7, 11) is 0. The van der Waals surface area contributed by atoms with Crippen LogP contribution in [-0.4, -0.2) is 0 Å². The van der Waals surface area contributed by atoms with E-state index in [4.69, 9.17) is 0 Å². The first-order valence-electron chi connectivity index (χ1n) is 10.7. The Morgan fingerprint density at radius 2 is 1.45 bits per heavy atom. The molecule has 0 heterocycles. The van der Waals surface area contributed by atoms with E-state index in [1.165, 1.54) is 77.0 Å². The molecule has 2 aliphatic rings. The minimum Gasteiger partial charge on any atom is -0.0654 e. The monoisotopic (exact) mass is 306 g/mol. The van der Waals surface area contributed by atoms with Crippen molar-refractivity contribution in [1.82, 2.24) is 0 Å². The van der Waals surface area contributed by atoms with Gasteiger partial charge in [-0.25, -0.2) is 0 Å². The highest BCUT2D eigenvalue weighted by molar-refractivity contribution is 4.89. The van der Waals surface area contributed by atoms with Gasteiger partial charge in [0.1, 0.15) is 0 Å². The summed E-state index contributed by atoms with van der Waals surface area (Å²) in [5.74, 6) is 3.17. The lowest BCUT2D eigenvalue weighted by atomic mass is 9.65. The molecule has 0 bridgehead atoms. The standard InChI is InChI=1S/C22H42/c1-4-6-12-20(19-13-8-9-14-19)18-22(3,17-7-5-2)21-15-10-11-16-21/h19-21H,4-18H2,1-3H3. The van der Waals surface area contributed by atoms with Gasteiger partial charge < -0.3 is 0 Å². The van der Waals surface area contributed by atoms with E-state index in [9.17, 15) is 0 Å². The Bertz CT molecular complexity index is 282. The molecule has 2 atom stereocenters. The van der Waals surface area contributed by atoms with Gasteiger partial charge >= 0.3 is 0 Å². The molecule has 0 aromatic rings. The van der Waals surface area contributed by atoms with Crippen LogP contribution >= 0.6 is 0 Å². The maximum absolute atomic E-state index is 2.69. The summed E-state index contributed by atoms with van der Waals surface area (Å²) in [5, 5.41) is 0. The average molecular weight is 307 g/mol. The quantitative estimate of drug-likeness (QED) is 0.387. The van der Waals surface area contributed by atoms with Gasteiger partial charge in [0.05, 0.1) is 0 Å². The fraction of sp³-hybridized carbons (Fsp3) is 1.00. The molecule has 2 unspecified atom stereocenters. The van der Waals surface area contributed by atoms with Crippen LogP contribution in [0.4, 0.5) is 0 Å². The highest BCUT2D eigenvalue weighted by Crippen LogP contribution is 2.50. The molecule has 0 aromatic carbocycles. The summed E-state index contributed by atoms with van der Waals surface area (Å²) in [6, 6.07) is 0. The Morgan fingerprint density at radius 1 is 0.864 bits per heavy atom. The summed E-state index contributed by atoms with van der Waals surface area (Å²) >= 11 is 0. The Labute approximate surface area is 140 Å². The minimum absolute atomic E-state index is 0.660.